The molecule has 1 aliphatic heterocycles. The first-order valence-electron chi connectivity index (χ1n) is 7.85. The minimum Gasteiger partial charge on any atom is -0.497 e. The van der Waals surface area contributed by atoms with E-state index in [4.69, 9.17) is 9.47 Å². The van der Waals surface area contributed by atoms with Crippen molar-refractivity contribution in [1.29, 1.82) is 0 Å². The van der Waals surface area contributed by atoms with E-state index in [9.17, 15) is 0 Å². The molecular weight excluding hydrogens is 272 g/mol. The van der Waals surface area contributed by atoms with Gasteiger partial charge in [-0.3, -0.25) is 0 Å². The van der Waals surface area contributed by atoms with Gasteiger partial charge in [0.2, 0.25) is 0 Å². The van der Waals surface area contributed by atoms with Gasteiger partial charge in [0.25, 0.3) is 0 Å². The van der Waals surface area contributed by atoms with Crippen molar-refractivity contribution in [2.24, 2.45) is 0 Å². The minimum atomic E-state index is 0.0560. The van der Waals surface area contributed by atoms with Crippen LogP contribution in [0.15, 0.2) is 66.7 Å². The quantitative estimate of drug-likeness (QED) is 0.743. The highest BCUT2D eigenvalue weighted by molar-refractivity contribution is 5.30. The third-order valence-corrected chi connectivity index (χ3v) is 4.09. The van der Waals surface area contributed by atoms with Crippen molar-refractivity contribution in [3.63, 3.8) is 0 Å². The Bertz CT molecular complexity index is 601. The first-order chi connectivity index (χ1) is 10.8. The molecule has 0 aliphatic carbocycles. The first-order valence-corrected chi connectivity index (χ1v) is 7.85. The Morgan fingerprint density at radius 1 is 1.05 bits per heavy atom. The molecule has 1 heterocycles. The normalized spacial score (nSPS) is 20.8. The van der Waals surface area contributed by atoms with Crippen LogP contribution in [0.25, 0.3) is 0 Å². The molecule has 0 saturated carbocycles. The van der Waals surface area contributed by atoms with Crippen LogP contribution in [0.2, 0.25) is 0 Å². The summed E-state index contributed by atoms with van der Waals surface area (Å²) < 4.78 is 11.4. The molecule has 0 unspecified atom stereocenters. The van der Waals surface area contributed by atoms with Crippen LogP contribution < -0.4 is 4.74 Å². The Balaban J connectivity index is 1.59. The fourth-order valence-corrected chi connectivity index (χ4v) is 2.80. The second-order valence-corrected chi connectivity index (χ2v) is 5.64. The zero-order valence-corrected chi connectivity index (χ0v) is 12.9. The van der Waals surface area contributed by atoms with E-state index in [0.29, 0.717) is 0 Å². The van der Waals surface area contributed by atoms with Crippen LogP contribution in [-0.4, -0.2) is 13.2 Å². The summed E-state index contributed by atoms with van der Waals surface area (Å²) in [4.78, 5) is 0. The van der Waals surface area contributed by atoms with Crippen molar-refractivity contribution in [3.8, 4) is 5.75 Å². The maximum atomic E-state index is 6.24. The Hall–Kier alpha value is -2.06. The fourth-order valence-electron chi connectivity index (χ4n) is 2.80. The van der Waals surface area contributed by atoms with Gasteiger partial charge in [-0.05, 0) is 42.5 Å². The summed E-state index contributed by atoms with van der Waals surface area (Å²) in [6.07, 6.45) is 7.86. The van der Waals surface area contributed by atoms with E-state index in [-0.39, 0.29) is 12.2 Å². The SMILES string of the molecule is COc1ccc([C@@H]2C=CC[C@@H](CCc3ccccc3)O2)cc1. The lowest BCUT2D eigenvalue weighted by Crippen LogP contribution is -2.19. The maximum Gasteiger partial charge on any atom is 0.118 e. The van der Waals surface area contributed by atoms with Gasteiger partial charge in [0.1, 0.15) is 11.9 Å². The van der Waals surface area contributed by atoms with Gasteiger partial charge in [0, 0.05) is 0 Å². The summed E-state index contributed by atoms with van der Waals surface area (Å²) >= 11 is 0. The molecule has 2 heteroatoms. The Morgan fingerprint density at radius 2 is 1.82 bits per heavy atom. The number of methoxy groups -OCH3 is 1. The molecule has 0 fully saturated rings. The lowest BCUT2D eigenvalue weighted by atomic mass is 10.0. The molecule has 2 atom stereocenters. The van der Waals surface area contributed by atoms with Crippen molar-refractivity contribution in [1.82, 2.24) is 0 Å². The summed E-state index contributed by atoms with van der Waals surface area (Å²) in [6.45, 7) is 0. The molecule has 0 aromatic heterocycles. The molecule has 0 saturated heterocycles. The van der Waals surface area contributed by atoms with Crippen LogP contribution in [0, 0.1) is 0 Å². The minimum absolute atomic E-state index is 0.0560. The third-order valence-electron chi connectivity index (χ3n) is 4.09. The van der Waals surface area contributed by atoms with Crippen LogP contribution in [0.5, 0.6) is 5.75 Å². The number of hydrogen-bond acceptors (Lipinski definition) is 2. The predicted molar refractivity (Wildman–Crippen MR) is 89.1 cm³/mol. The highest BCUT2D eigenvalue weighted by Gasteiger charge is 2.19. The van der Waals surface area contributed by atoms with Crippen molar-refractivity contribution in [2.75, 3.05) is 7.11 Å². The Labute approximate surface area is 132 Å². The van der Waals surface area contributed by atoms with E-state index in [1.807, 2.05) is 12.1 Å². The first kappa shape index (κ1) is 14.9. The number of rotatable bonds is 5. The lowest BCUT2D eigenvalue weighted by Gasteiger charge is -2.26. The molecule has 1 aliphatic rings. The molecule has 3 rings (SSSR count). The van der Waals surface area contributed by atoms with Gasteiger partial charge in [-0.25, -0.2) is 0 Å². The highest BCUT2D eigenvalue weighted by atomic mass is 16.5. The summed E-state index contributed by atoms with van der Waals surface area (Å²) in [5.74, 6) is 0.879. The zero-order valence-electron chi connectivity index (χ0n) is 12.9. The molecule has 0 radical (unpaired) electrons. The lowest BCUT2D eigenvalue weighted by molar-refractivity contribution is 0.000722. The molecular formula is C20H22O2. The predicted octanol–water partition coefficient (Wildman–Crippen LogP) is 4.71. The van der Waals surface area contributed by atoms with Crippen molar-refractivity contribution in [3.05, 3.63) is 77.9 Å². The van der Waals surface area contributed by atoms with E-state index in [2.05, 4.69) is 54.6 Å². The molecule has 2 aromatic carbocycles. The van der Waals surface area contributed by atoms with Crippen LogP contribution in [0.3, 0.4) is 0 Å². The number of ether oxygens (including phenoxy) is 2. The molecule has 2 aromatic rings. The Morgan fingerprint density at radius 3 is 2.55 bits per heavy atom. The molecule has 0 amide bonds. The second-order valence-electron chi connectivity index (χ2n) is 5.64. The number of benzene rings is 2. The molecule has 2 nitrogen and oxygen atoms in total. The van der Waals surface area contributed by atoms with Crippen LogP contribution in [0.4, 0.5) is 0 Å². The number of hydrogen-bond donors (Lipinski definition) is 0. The standard InChI is InChI=1S/C20H22O2/c1-21-18-14-11-17(12-15-18)20-9-5-8-19(22-20)13-10-16-6-3-2-4-7-16/h2-7,9,11-12,14-15,19-20H,8,10,13H2,1H3/t19-,20-/m0/s1. The van der Waals surface area contributed by atoms with Gasteiger partial charge in [0.15, 0.2) is 0 Å². The monoisotopic (exact) mass is 294 g/mol. The molecule has 0 N–H and O–H groups in total. The van der Waals surface area contributed by atoms with Crippen LogP contribution in [-0.2, 0) is 11.2 Å². The zero-order chi connectivity index (χ0) is 15.2. The van der Waals surface area contributed by atoms with E-state index in [1.165, 1.54) is 11.1 Å². The highest BCUT2D eigenvalue weighted by Crippen LogP contribution is 2.29. The summed E-state index contributed by atoms with van der Waals surface area (Å²) in [5.41, 5.74) is 2.56. The fraction of sp³-hybridized carbons (Fsp3) is 0.300. The van der Waals surface area contributed by atoms with Crippen LogP contribution in [0.1, 0.15) is 30.1 Å². The summed E-state index contributed by atoms with van der Waals surface area (Å²) in [5, 5.41) is 0. The van der Waals surface area contributed by atoms with Gasteiger partial charge in [-0.1, -0.05) is 54.6 Å². The van der Waals surface area contributed by atoms with Crippen molar-refractivity contribution >= 4 is 0 Å². The van der Waals surface area contributed by atoms with Crippen molar-refractivity contribution in [2.45, 2.75) is 31.5 Å². The van der Waals surface area contributed by atoms with Gasteiger partial charge in [0.05, 0.1) is 13.2 Å². The summed E-state index contributed by atoms with van der Waals surface area (Å²) in [6, 6.07) is 18.7. The topological polar surface area (TPSA) is 18.5 Å². The van der Waals surface area contributed by atoms with E-state index in [0.717, 1.165) is 25.0 Å². The van der Waals surface area contributed by atoms with Crippen molar-refractivity contribution < 1.29 is 9.47 Å². The van der Waals surface area contributed by atoms with Crippen LogP contribution >= 0.6 is 0 Å². The molecule has 22 heavy (non-hydrogen) atoms. The average Bonchev–Trinajstić information content (AvgIpc) is 2.61. The average molecular weight is 294 g/mol. The molecule has 0 spiro atoms. The van der Waals surface area contributed by atoms with E-state index < -0.39 is 0 Å². The Kier molecular flexibility index (Phi) is 4.92. The van der Waals surface area contributed by atoms with Gasteiger partial charge in [-0.2, -0.15) is 0 Å². The van der Waals surface area contributed by atoms with Gasteiger partial charge < -0.3 is 9.47 Å². The largest absolute Gasteiger partial charge is 0.497 e. The smallest absolute Gasteiger partial charge is 0.118 e. The number of aryl methyl sites for hydroxylation is 1. The van der Waals surface area contributed by atoms with Gasteiger partial charge >= 0.3 is 0 Å². The van der Waals surface area contributed by atoms with E-state index in [1.54, 1.807) is 7.11 Å². The second kappa shape index (κ2) is 7.28. The molecule has 114 valence electrons. The summed E-state index contributed by atoms with van der Waals surface area (Å²) in [7, 11) is 1.69. The van der Waals surface area contributed by atoms with Gasteiger partial charge in [-0.15, -0.1) is 0 Å². The van der Waals surface area contributed by atoms with E-state index >= 15 is 0 Å². The molecule has 0 bridgehead atoms. The third kappa shape index (κ3) is 3.77. The maximum absolute atomic E-state index is 6.24.